The maximum atomic E-state index is 12.2. The number of carboxylic acids is 1. The second-order valence-electron chi connectivity index (χ2n) is 4.71. The van der Waals surface area contributed by atoms with Crippen LogP contribution in [0.1, 0.15) is 16.5 Å². The first-order valence-electron chi connectivity index (χ1n) is 6.46. The zero-order valence-corrected chi connectivity index (χ0v) is 11.8. The zero-order valence-electron chi connectivity index (χ0n) is 11.0. The molecule has 2 unspecified atom stereocenters. The van der Waals surface area contributed by atoms with Gasteiger partial charge in [-0.25, -0.2) is 4.79 Å². The molecule has 0 radical (unpaired) electrons. The lowest BCUT2D eigenvalue weighted by Gasteiger charge is -2.16. The minimum atomic E-state index is -1.08. The maximum absolute atomic E-state index is 12.2. The van der Waals surface area contributed by atoms with Crippen molar-refractivity contribution in [1.82, 2.24) is 5.32 Å². The summed E-state index contributed by atoms with van der Waals surface area (Å²) < 4.78 is 5.57. The highest BCUT2D eigenvalue weighted by Crippen LogP contribution is 2.28. The van der Waals surface area contributed by atoms with Crippen LogP contribution in [0.15, 0.2) is 41.8 Å². The van der Waals surface area contributed by atoms with E-state index in [2.05, 4.69) is 5.32 Å². The normalized spacial score (nSPS) is 17.6. The van der Waals surface area contributed by atoms with Crippen LogP contribution in [0.5, 0.6) is 5.75 Å². The number of benzene rings is 1. The van der Waals surface area contributed by atoms with Crippen LogP contribution >= 0.6 is 11.3 Å². The average molecular weight is 303 g/mol. The molecule has 108 valence electrons. The largest absolute Gasteiger partial charge is 0.480 e. The molecule has 1 aliphatic rings. The van der Waals surface area contributed by atoms with Crippen molar-refractivity contribution in [3.8, 4) is 5.75 Å². The molecule has 0 fully saturated rings. The first-order valence-corrected chi connectivity index (χ1v) is 7.34. The number of nitrogens with one attached hydrogen (secondary N) is 1. The standard InChI is InChI=1S/C15H13NO4S/c17-14(11-8-9-4-1-2-5-10(9)20-11)16-13(15(18)19)12-6-3-7-21-12/h1-7,11,13H,8H2,(H,16,17)(H,18,19). The minimum absolute atomic E-state index is 0.410. The lowest BCUT2D eigenvalue weighted by atomic mass is 10.1. The Morgan fingerprint density at radius 1 is 1.29 bits per heavy atom. The van der Waals surface area contributed by atoms with Gasteiger partial charge in [0, 0.05) is 11.3 Å². The summed E-state index contributed by atoms with van der Waals surface area (Å²) in [5.41, 5.74) is 0.959. The summed E-state index contributed by atoms with van der Waals surface area (Å²) in [6, 6.07) is 9.83. The third-order valence-electron chi connectivity index (χ3n) is 3.30. The van der Waals surface area contributed by atoms with Crippen LogP contribution in [0, 0.1) is 0 Å². The van der Waals surface area contributed by atoms with E-state index in [1.165, 1.54) is 11.3 Å². The summed E-state index contributed by atoms with van der Waals surface area (Å²) >= 11 is 1.29. The topological polar surface area (TPSA) is 75.6 Å². The number of hydrogen-bond acceptors (Lipinski definition) is 4. The van der Waals surface area contributed by atoms with E-state index in [9.17, 15) is 14.7 Å². The van der Waals surface area contributed by atoms with Crippen LogP contribution in [0.3, 0.4) is 0 Å². The zero-order chi connectivity index (χ0) is 14.8. The van der Waals surface area contributed by atoms with Crippen molar-refractivity contribution in [1.29, 1.82) is 0 Å². The predicted molar refractivity (Wildman–Crippen MR) is 77.4 cm³/mol. The van der Waals surface area contributed by atoms with Crippen molar-refractivity contribution in [2.24, 2.45) is 0 Å². The number of rotatable bonds is 4. The van der Waals surface area contributed by atoms with Gasteiger partial charge in [-0.05, 0) is 23.1 Å². The van der Waals surface area contributed by atoms with Crippen molar-refractivity contribution < 1.29 is 19.4 Å². The Morgan fingerprint density at radius 3 is 2.76 bits per heavy atom. The van der Waals surface area contributed by atoms with Crippen LogP contribution < -0.4 is 10.1 Å². The number of para-hydroxylation sites is 1. The number of carbonyl (C=O) groups is 2. The number of amides is 1. The lowest BCUT2D eigenvalue weighted by Crippen LogP contribution is -2.41. The Morgan fingerprint density at radius 2 is 2.10 bits per heavy atom. The summed E-state index contributed by atoms with van der Waals surface area (Å²) in [5, 5.41) is 13.6. The lowest BCUT2D eigenvalue weighted by molar-refractivity contribution is -0.143. The molecule has 0 saturated carbocycles. The SMILES string of the molecule is O=C(NC(C(=O)O)c1cccs1)C1Cc2ccccc2O1. The van der Waals surface area contributed by atoms with E-state index in [4.69, 9.17) is 4.74 Å². The van der Waals surface area contributed by atoms with E-state index < -0.39 is 24.0 Å². The molecule has 0 spiro atoms. The van der Waals surface area contributed by atoms with Crippen molar-refractivity contribution in [3.63, 3.8) is 0 Å². The molecular formula is C15H13NO4S. The highest BCUT2D eigenvalue weighted by molar-refractivity contribution is 7.10. The Balaban J connectivity index is 1.71. The van der Waals surface area contributed by atoms with Gasteiger partial charge in [-0.2, -0.15) is 0 Å². The molecule has 6 heteroatoms. The fraction of sp³-hybridized carbons (Fsp3) is 0.200. The highest BCUT2D eigenvalue weighted by atomic mass is 32.1. The first-order chi connectivity index (χ1) is 10.1. The number of thiophene rings is 1. The average Bonchev–Trinajstić information content (AvgIpc) is 3.12. The molecule has 2 aromatic rings. The molecule has 0 bridgehead atoms. The molecule has 2 atom stereocenters. The summed E-state index contributed by atoms with van der Waals surface area (Å²) in [4.78, 5) is 24.1. The van der Waals surface area contributed by atoms with Gasteiger partial charge in [0.25, 0.3) is 5.91 Å². The van der Waals surface area contributed by atoms with Crippen LogP contribution in [0.4, 0.5) is 0 Å². The molecular weight excluding hydrogens is 290 g/mol. The Labute approximate surface area is 125 Å². The molecule has 0 aliphatic carbocycles. The van der Waals surface area contributed by atoms with E-state index >= 15 is 0 Å². The van der Waals surface area contributed by atoms with E-state index in [-0.39, 0.29) is 0 Å². The van der Waals surface area contributed by atoms with E-state index in [1.54, 1.807) is 23.6 Å². The van der Waals surface area contributed by atoms with E-state index in [1.807, 2.05) is 18.2 Å². The molecule has 5 nitrogen and oxygen atoms in total. The molecule has 1 aromatic heterocycles. The van der Waals surface area contributed by atoms with Crippen LogP contribution in [0.25, 0.3) is 0 Å². The number of carbonyl (C=O) groups excluding carboxylic acids is 1. The molecule has 2 N–H and O–H groups in total. The monoisotopic (exact) mass is 303 g/mol. The quantitative estimate of drug-likeness (QED) is 0.906. The van der Waals surface area contributed by atoms with Crippen molar-refractivity contribution in [3.05, 3.63) is 52.2 Å². The summed E-state index contributed by atoms with van der Waals surface area (Å²) in [6.07, 6.45) is -0.220. The van der Waals surface area contributed by atoms with Gasteiger partial charge in [-0.1, -0.05) is 24.3 Å². The fourth-order valence-electron chi connectivity index (χ4n) is 2.27. The maximum Gasteiger partial charge on any atom is 0.331 e. The van der Waals surface area contributed by atoms with Crippen LogP contribution in [-0.4, -0.2) is 23.1 Å². The second-order valence-corrected chi connectivity index (χ2v) is 5.69. The van der Waals surface area contributed by atoms with Crippen LogP contribution in [-0.2, 0) is 16.0 Å². The Kier molecular flexibility index (Phi) is 3.62. The molecule has 1 aromatic carbocycles. The van der Waals surface area contributed by atoms with Gasteiger partial charge < -0.3 is 15.2 Å². The number of fused-ring (bicyclic) bond motifs is 1. The van der Waals surface area contributed by atoms with Crippen LogP contribution in [0.2, 0.25) is 0 Å². The molecule has 0 saturated heterocycles. The Hall–Kier alpha value is -2.34. The number of aliphatic carboxylic acids is 1. The highest BCUT2D eigenvalue weighted by Gasteiger charge is 2.32. The number of carboxylic acid groups (broad SMARTS) is 1. The first kappa shape index (κ1) is 13.6. The smallest absolute Gasteiger partial charge is 0.331 e. The number of ether oxygens (including phenoxy) is 1. The van der Waals surface area contributed by atoms with E-state index in [0.29, 0.717) is 17.0 Å². The van der Waals surface area contributed by atoms with Gasteiger partial charge in [-0.15, -0.1) is 11.3 Å². The van der Waals surface area contributed by atoms with Gasteiger partial charge in [0.2, 0.25) is 0 Å². The fourth-order valence-corrected chi connectivity index (χ4v) is 3.04. The molecule has 21 heavy (non-hydrogen) atoms. The van der Waals surface area contributed by atoms with Crippen molar-refractivity contribution >= 4 is 23.2 Å². The number of hydrogen-bond donors (Lipinski definition) is 2. The van der Waals surface area contributed by atoms with Crippen molar-refractivity contribution in [2.45, 2.75) is 18.6 Å². The van der Waals surface area contributed by atoms with E-state index in [0.717, 1.165) is 5.56 Å². The minimum Gasteiger partial charge on any atom is -0.480 e. The van der Waals surface area contributed by atoms with Crippen molar-refractivity contribution in [2.75, 3.05) is 0 Å². The van der Waals surface area contributed by atoms with Gasteiger partial charge in [-0.3, -0.25) is 4.79 Å². The molecule has 2 heterocycles. The van der Waals surface area contributed by atoms with Gasteiger partial charge in [0.05, 0.1) is 0 Å². The van der Waals surface area contributed by atoms with Gasteiger partial charge >= 0.3 is 5.97 Å². The Bertz CT molecular complexity index is 643. The van der Waals surface area contributed by atoms with Gasteiger partial charge in [0.15, 0.2) is 12.1 Å². The summed E-state index contributed by atoms with van der Waals surface area (Å²) in [6.45, 7) is 0. The van der Waals surface area contributed by atoms with Gasteiger partial charge in [0.1, 0.15) is 5.75 Å². The molecule has 3 rings (SSSR count). The summed E-state index contributed by atoms with van der Waals surface area (Å²) in [7, 11) is 0. The molecule has 1 aliphatic heterocycles. The third-order valence-corrected chi connectivity index (χ3v) is 4.24. The third kappa shape index (κ3) is 2.75. The molecule has 1 amide bonds. The predicted octanol–water partition coefficient (Wildman–Crippen LogP) is 1.99. The summed E-state index contributed by atoms with van der Waals surface area (Å²) in [5.74, 6) is -0.811. The second kappa shape index (κ2) is 5.57.